The van der Waals surface area contributed by atoms with Crippen LogP contribution in [0.25, 0.3) is 0 Å². The van der Waals surface area contributed by atoms with Crippen molar-refractivity contribution < 1.29 is 17.9 Å². The molecule has 0 unspecified atom stereocenters. The van der Waals surface area contributed by atoms with Gasteiger partial charge in [-0.25, -0.2) is 4.99 Å². The topological polar surface area (TPSA) is 36.9 Å². The number of aryl methyl sites for hydroxylation is 1. The first kappa shape index (κ1) is 20.9. The van der Waals surface area contributed by atoms with E-state index >= 15 is 0 Å². The first-order chi connectivity index (χ1) is 12.7. The van der Waals surface area contributed by atoms with E-state index in [-0.39, 0.29) is 5.75 Å². The van der Waals surface area contributed by atoms with Crippen molar-refractivity contribution in [1.82, 2.24) is 4.90 Å². The van der Waals surface area contributed by atoms with Crippen LogP contribution in [0, 0.1) is 6.92 Å². The molecule has 0 amide bonds. The Morgan fingerprint density at radius 1 is 1.22 bits per heavy atom. The lowest BCUT2D eigenvalue weighted by molar-refractivity contribution is -0.274. The zero-order valence-electron chi connectivity index (χ0n) is 15.3. The standard InChI is InChI=1S/C19H21ClF3N3O/c1-4-26(3)12-25-18-9-13(2)17(10-16(18)20)24-11-14-5-7-15(8-6-14)27-19(21,22)23/h5-10,12,24H,4,11H2,1-3H3/b25-12-. The van der Waals surface area contributed by atoms with Crippen LogP contribution in [0.15, 0.2) is 41.4 Å². The molecular formula is C19H21ClF3N3O. The molecule has 0 aliphatic rings. The van der Waals surface area contributed by atoms with Crippen molar-refractivity contribution in [2.24, 2.45) is 4.99 Å². The summed E-state index contributed by atoms with van der Waals surface area (Å²) in [5.74, 6) is -0.246. The second-order valence-electron chi connectivity index (χ2n) is 5.98. The van der Waals surface area contributed by atoms with E-state index in [4.69, 9.17) is 11.6 Å². The van der Waals surface area contributed by atoms with Crippen LogP contribution in [0.4, 0.5) is 24.5 Å². The van der Waals surface area contributed by atoms with Crippen molar-refractivity contribution >= 4 is 29.3 Å². The fourth-order valence-electron chi connectivity index (χ4n) is 2.20. The first-order valence-electron chi connectivity index (χ1n) is 8.31. The smallest absolute Gasteiger partial charge is 0.406 e. The molecule has 1 N–H and O–H groups in total. The van der Waals surface area contributed by atoms with E-state index in [9.17, 15) is 13.2 Å². The lowest BCUT2D eigenvalue weighted by Gasteiger charge is -2.13. The van der Waals surface area contributed by atoms with E-state index in [2.05, 4.69) is 15.0 Å². The third-order valence-corrected chi connectivity index (χ3v) is 4.13. The zero-order chi connectivity index (χ0) is 20.0. The van der Waals surface area contributed by atoms with E-state index in [0.29, 0.717) is 17.3 Å². The number of nitrogens with zero attached hydrogens (tertiary/aromatic N) is 2. The van der Waals surface area contributed by atoms with Gasteiger partial charge in [-0.2, -0.15) is 0 Å². The van der Waals surface area contributed by atoms with Crippen LogP contribution in [0.5, 0.6) is 5.75 Å². The summed E-state index contributed by atoms with van der Waals surface area (Å²) in [6.45, 7) is 5.23. The van der Waals surface area contributed by atoms with E-state index < -0.39 is 6.36 Å². The Morgan fingerprint density at radius 2 is 1.89 bits per heavy atom. The summed E-state index contributed by atoms with van der Waals surface area (Å²) < 4.78 is 40.4. The Kier molecular flexibility index (Phi) is 6.96. The number of alkyl halides is 3. The molecule has 2 aromatic carbocycles. The SMILES string of the molecule is CCN(C)/C=N\c1cc(C)c(NCc2ccc(OC(F)(F)F)cc2)cc1Cl. The molecule has 0 aliphatic heterocycles. The summed E-state index contributed by atoms with van der Waals surface area (Å²) in [4.78, 5) is 6.31. The molecule has 0 radical (unpaired) electrons. The normalized spacial score (nSPS) is 11.7. The highest BCUT2D eigenvalue weighted by atomic mass is 35.5. The molecule has 27 heavy (non-hydrogen) atoms. The van der Waals surface area contributed by atoms with Crippen molar-refractivity contribution in [2.75, 3.05) is 18.9 Å². The van der Waals surface area contributed by atoms with Crippen molar-refractivity contribution in [1.29, 1.82) is 0 Å². The summed E-state index contributed by atoms with van der Waals surface area (Å²) in [6, 6.07) is 9.38. The molecule has 0 aromatic heterocycles. The molecule has 0 saturated heterocycles. The van der Waals surface area contributed by atoms with Crippen molar-refractivity contribution in [3.63, 3.8) is 0 Å². The van der Waals surface area contributed by atoms with Gasteiger partial charge in [0.2, 0.25) is 0 Å². The molecule has 0 aliphatic carbocycles. The summed E-state index contributed by atoms with van der Waals surface area (Å²) in [6.07, 6.45) is -2.97. The molecule has 0 heterocycles. The van der Waals surface area contributed by atoms with E-state index in [1.165, 1.54) is 12.1 Å². The second kappa shape index (κ2) is 8.99. The van der Waals surface area contributed by atoms with Gasteiger partial charge in [0.15, 0.2) is 0 Å². The van der Waals surface area contributed by atoms with Gasteiger partial charge in [-0.3, -0.25) is 0 Å². The van der Waals surface area contributed by atoms with E-state index in [0.717, 1.165) is 23.4 Å². The Morgan fingerprint density at radius 3 is 2.48 bits per heavy atom. The van der Waals surface area contributed by atoms with Gasteiger partial charge in [0, 0.05) is 25.8 Å². The number of rotatable bonds is 7. The number of halogens is 4. The molecule has 2 aromatic rings. The fraction of sp³-hybridized carbons (Fsp3) is 0.316. The first-order valence-corrected chi connectivity index (χ1v) is 8.69. The number of benzene rings is 2. The van der Waals surface area contributed by atoms with Crippen molar-refractivity contribution in [3.8, 4) is 5.75 Å². The Bertz CT molecular complexity index is 792. The predicted octanol–water partition coefficient (Wildman–Crippen LogP) is 5.77. The fourth-order valence-corrected chi connectivity index (χ4v) is 2.42. The minimum Gasteiger partial charge on any atom is -0.406 e. The van der Waals surface area contributed by atoms with Crippen LogP contribution in [0.3, 0.4) is 0 Å². The third-order valence-electron chi connectivity index (χ3n) is 3.83. The van der Waals surface area contributed by atoms with E-state index in [1.54, 1.807) is 24.5 Å². The van der Waals surface area contributed by atoms with Crippen LogP contribution in [-0.4, -0.2) is 31.2 Å². The number of hydrogen-bond donors (Lipinski definition) is 1. The van der Waals surface area contributed by atoms with Crippen molar-refractivity contribution in [2.45, 2.75) is 26.8 Å². The van der Waals surface area contributed by atoms with Gasteiger partial charge in [-0.1, -0.05) is 23.7 Å². The Labute approximate surface area is 161 Å². The van der Waals surface area contributed by atoms with E-state index in [1.807, 2.05) is 31.9 Å². The number of aliphatic imine (C=N–C) groups is 1. The predicted molar refractivity (Wildman–Crippen MR) is 103 cm³/mol. The maximum atomic E-state index is 12.2. The third kappa shape index (κ3) is 6.67. The van der Waals surface area contributed by atoms with Gasteiger partial charge < -0.3 is 15.0 Å². The maximum Gasteiger partial charge on any atom is 0.573 e. The highest BCUT2D eigenvalue weighted by molar-refractivity contribution is 6.33. The van der Waals surface area contributed by atoms with Gasteiger partial charge in [-0.05, 0) is 49.2 Å². The van der Waals surface area contributed by atoms with Crippen LogP contribution < -0.4 is 10.1 Å². The molecule has 0 atom stereocenters. The average molecular weight is 400 g/mol. The molecule has 0 saturated carbocycles. The molecule has 0 bridgehead atoms. The molecular weight excluding hydrogens is 379 g/mol. The molecule has 4 nitrogen and oxygen atoms in total. The minimum absolute atomic E-state index is 0.246. The molecule has 8 heteroatoms. The quantitative estimate of drug-likeness (QED) is 0.474. The lowest BCUT2D eigenvalue weighted by atomic mass is 10.1. The van der Waals surface area contributed by atoms with Gasteiger partial charge in [0.05, 0.1) is 17.0 Å². The van der Waals surface area contributed by atoms with Crippen molar-refractivity contribution in [3.05, 3.63) is 52.5 Å². The summed E-state index contributed by atoms with van der Waals surface area (Å²) >= 11 is 6.30. The summed E-state index contributed by atoms with van der Waals surface area (Å²) in [7, 11) is 1.92. The Hall–Kier alpha value is -2.41. The molecule has 0 fully saturated rings. The molecule has 0 spiro atoms. The number of nitrogens with one attached hydrogen (secondary N) is 1. The highest BCUT2D eigenvalue weighted by Crippen LogP contribution is 2.31. The number of anilines is 1. The maximum absolute atomic E-state index is 12.2. The molecule has 2 rings (SSSR count). The molecule has 146 valence electrons. The second-order valence-corrected chi connectivity index (χ2v) is 6.39. The van der Waals surface area contributed by atoms with Crippen LogP contribution in [-0.2, 0) is 6.54 Å². The monoisotopic (exact) mass is 399 g/mol. The summed E-state index contributed by atoms with van der Waals surface area (Å²) in [5, 5.41) is 3.74. The number of hydrogen-bond acceptors (Lipinski definition) is 3. The van der Waals surface area contributed by atoms with Crippen LogP contribution >= 0.6 is 11.6 Å². The van der Waals surface area contributed by atoms with Gasteiger partial charge >= 0.3 is 6.36 Å². The zero-order valence-corrected chi connectivity index (χ0v) is 16.0. The highest BCUT2D eigenvalue weighted by Gasteiger charge is 2.30. The van der Waals surface area contributed by atoms with Gasteiger partial charge in [-0.15, -0.1) is 13.2 Å². The lowest BCUT2D eigenvalue weighted by Crippen LogP contribution is -2.17. The Balaban J connectivity index is 2.03. The number of ether oxygens (including phenoxy) is 1. The van der Waals surface area contributed by atoms with Gasteiger partial charge in [0.1, 0.15) is 5.75 Å². The van der Waals surface area contributed by atoms with Gasteiger partial charge in [0.25, 0.3) is 0 Å². The largest absolute Gasteiger partial charge is 0.573 e. The van der Waals surface area contributed by atoms with Crippen LogP contribution in [0.1, 0.15) is 18.1 Å². The average Bonchev–Trinajstić information content (AvgIpc) is 2.60. The minimum atomic E-state index is -4.69. The summed E-state index contributed by atoms with van der Waals surface area (Å²) in [5.41, 5.74) is 3.28. The van der Waals surface area contributed by atoms with Crippen LogP contribution in [0.2, 0.25) is 5.02 Å².